The monoisotopic (exact) mass is 1040 g/mol. The fraction of sp³-hybridized carbons (Fsp3) is 0.0833. The Hall–Kier alpha value is -2.85. The minimum atomic E-state index is -5.11. The number of ether oxygens (including phenoxy) is 2. The average molecular weight is 1040 g/mol. The molecule has 0 amide bonds. The van der Waals surface area contributed by atoms with Crippen molar-refractivity contribution in [2.45, 2.75) is 26.5 Å². The number of aromatic hydroxyl groups is 2. The third-order valence-corrected chi connectivity index (χ3v) is 12.2. The van der Waals surface area contributed by atoms with Crippen LogP contribution in [-0.4, -0.2) is 206 Å². The molecule has 0 unspecified atom stereocenters. The molecule has 334 valence electrons. The number of rotatable bonds is 12. The van der Waals surface area contributed by atoms with Crippen LogP contribution in [0, 0.1) is 6.92 Å². The Balaban J connectivity index is 0.00000385. The van der Waals surface area contributed by atoms with E-state index in [1.54, 1.807) is 6.92 Å². The number of phenols is 2. The zero-order valence-electron chi connectivity index (χ0n) is 36.1. The normalized spacial score (nSPS) is 12.3. The molecule has 6 aromatic rings. The quantitative estimate of drug-likeness (QED) is 0.0240. The van der Waals surface area contributed by atoms with Crippen LogP contribution in [-0.2, 0) is 40.5 Å². The minimum absolute atomic E-state index is 0. The van der Waals surface area contributed by atoms with Gasteiger partial charge in [0.1, 0.15) is 39.2 Å². The molecule has 0 spiro atoms. The maximum Gasteiger partial charge on any atom is 0.296 e. The Morgan fingerprint density at radius 2 is 1.10 bits per heavy atom. The van der Waals surface area contributed by atoms with Crippen LogP contribution < -0.4 is 14.8 Å². The Kier molecular flexibility index (Phi) is 21.0. The molecule has 8 N–H and O–H groups in total. The number of benzene rings is 6. The van der Waals surface area contributed by atoms with Crippen molar-refractivity contribution in [3.05, 3.63) is 84.4 Å². The number of nitrogens with zero attached hydrogens (tertiary/aromatic N) is 5. The zero-order valence-corrected chi connectivity index (χ0v) is 47.4. The molecule has 0 aliphatic heterocycles. The molecule has 6 rings (SSSR count). The van der Waals surface area contributed by atoms with Crippen molar-refractivity contribution in [2.75, 3.05) is 19.5 Å². The van der Waals surface area contributed by atoms with Crippen molar-refractivity contribution in [2.24, 2.45) is 25.4 Å². The second-order valence-electron chi connectivity index (χ2n) is 13.0. The molecule has 31 heteroatoms. The van der Waals surface area contributed by atoms with E-state index in [4.69, 9.17) is 9.47 Å². The van der Waals surface area contributed by atoms with Gasteiger partial charge in [0, 0.05) is 141 Å². The van der Waals surface area contributed by atoms with E-state index in [9.17, 15) is 67.2 Å². The molecule has 4 radical (unpaired) electrons. The molecule has 0 atom stereocenters. The van der Waals surface area contributed by atoms with E-state index < -0.39 is 83.3 Å². The number of azo groups is 2. The Morgan fingerprint density at radius 1 is 0.552 bits per heavy atom. The molecule has 0 heterocycles. The van der Waals surface area contributed by atoms with Gasteiger partial charge in [-0.1, -0.05) is 0 Å². The number of hydrogen-bond acceptors (Lipinski definition) is 17. The second-order valence-corrected chi connectivity index (χ2v) is 18.7. The smallest absolute Gasteiger partial charge is 0.296 e. The number of phenolic OH excluding ortho intramolecular Hbond substituents is 2. The predicted molar refractivity (Wildman–Crippen MR) is 246 cm³/mol. The predicted octanol–water partition coefficient (Wildman–Crippen LogP) is 5.68. The van der Waals surface area contributed by atoms with Crippen LogP contribution in [0.15, 0.2) is 124 Å². The van der Waals surface area contributed by atoms with Crippen LogP contribution in [0.2, 0.25) is 0 Å². The number of nitrogens with one attached hydrogen (secondary N) is 1. The van der Waals surface area contributed by atoms with Crippen molar-refractivity contribution in [1.29, 1.82) is 0 Å². The molecule has 0 aromatic heterocycles. The summed E-state index contributed by atoms with van der Waals surface area (Å²) in [6, 6.07) is 13.1. The van der Waals surface area contributed by atoms with Gasteiger partial charge in [0.15, 0.2) is 5.75 Å². The van der Waals surface area contributed by atoms with Gasteiger partial charge in [-0.3, -0.25) is 18.2 Å². The van der Waals surface area contributed by atoms with E-state index >= 15 is 0 Å². The molecular weight excluding hydrogens is 1010 g/mol. The summed E-state index contributed by atoms with van der Waals surface area (Å²) < 4.78 is 145. The van der Waals surface area contributed by atoms with Crippen molar-refractivity contribution in [3.8, 4) is 23.0 Å². The number of aliphatic imine (C=N–C) groups is 1. The number of amidine groups is 1. The summed E-state index contributed by atoms with van der Waals surface area (Å²) in [6.07, 6.45) is 0. The first kappa shape index (κ1) is 60.3. The summed E-state index contributed by atoms with van der Waals surface area (Å²) in [5.41, 5.74) is -0.838. The third-order valence-electron chi connectivity index (χ3n) is 8.83. The maximum absolute atomic E-state index is 12.5. The molecule has 0 saturated carbocycles. The average Bonchev–Trinajstić information content (AvgIpc) is 3.18. The summed E-state index contributed by atoms with van der Waals surface area (Å²) in [6.45, 7) is 1.55. The fourth-order valence-electron chi connectivity index (χ4n) is 5.93. The molecule has 67 heavy (non-hydrogen) atoms. The molecule has 23 nitrogen and oxygen atoms in total. The molecule has 0 bridgehead atoms. The molecular formula is C36H30N6Na4O17S4. The van der Waals surface area contributed by atoms with E-state index in [1.165, 1.54) is 44.6 Å². The third kappa shape index (κ3) is 14.2. The standard InChI is InChI=1S/C36H30N6O17S4.4Na/c1-17-8-26(31(59-3)16-25(17)39-41-28-14-22(61(49,50)51)10-19-11-23(62(52,53)54)15-29(43)33(19)28)38-36(45)37-20-4-6-24-18(9-20)12-32(63(55,56)57)34(35(24)44)42-40-27-13-21(60(46,47)48)5-7-30(27)58-2;;;;/h4-16,43-44H,1-3H3,(H2,37,38,45)(H,46,47,48)(H,49,50,51)(H,52,53,54)(H,55,56,57);;;;. The first-order valence-electron chi connectivity index (χ1n) is 17.0. The molecule has 0 aliphatic rings. The van der Waals surface area contributed by atoms with Crippen LogP contribution in [0.25, 0.3) is 21.5 Å². The summed E-state index contributed by atoms with van der Waals surface area (Å²) in [5, 5.41) is 50.4. The van der Waals surface area contributed by atoms with Crippen LogP contribution in [0.4, 0.5) is 34.1 Å². The minimum Gasteiger partial charge on any atom is -0.507 e. The second kappa shape index (κ2) is 23.4. The summed E-state index contributed by atoms with van der Waals surface area (Å²) in [4.78, 5) is 1.08. The van der Waals surface area contributed by atoms with E-state index in [-0.39, 0.29) is 180 Å². The summed E-state index contributed by atoms with van der Waals surface area (Å²) in [5.74, 6) is -1.55. The van der Waals surface area contributed by atoms with Gasteiger partial charge in [-0.05, 0) is 90.0 Å². The molecule has 0 saturated heterocycles. The van der Waals surface area contributed by atoms with E-state index in [0.29, 0.717) is 11.6 Å². The SMILES string of the molecule is COc1ccc(S(=O)(=O)O)cc1N=Nc1c(S(=O)(=O)O)cc2cc(NC(O)=Nc3cc(C)c(N=Nc4cc(S(=O)(=O)O)cc5cc(S(=O)(=O)O)cc(O)c45)cc3OC)ccc2c1O.[Na].[Na].[Na].[Na]. The molecule has 0 aliphatic carbocycles. The number of aryl methyl sites for hydroxylation is 1. The van der Waals surface area contributed by atoms with E-state index in [1.807, 2.05) is 0 Å². The number of anilines is 1. The Labute approximate surface area is 470 Å². The van der Waals surface area contributed by atoms with Gasteiger partial charge in [-0.15, -0.1) is 15.3 Å². The number of aliphatic hydroxyl groups excluding tert-OH is 1. The number of methoxy groups -OCH3 is 2. The van der Waals surface area contributed by atoms with Gasteiger partial charge >= 0.3 is 0 Å². The summed E-state index contributed by atoms with van der Waals surface area (Å²) >= 11 is 0. The Bertz CT molecular complexity index is 3470. The van der Waals surface area contributed by atoms with Gasteiger partial charge in [-0.2, -0.15) is 43.8 Å². The van der Waals surface area contributed by atoms with Crippen molar-refractivity contribution < 1.29 is 76.7 Å². The van der Waals surface area contributed by atoms with Gasteiger partial charge in [-0.25, -0.2) is 0 Å². The maximum atomic E-state index is 12.5. The fourth-order valence-corrected chi connectivity index (χ4v) is 8.16. The van der Waals surface area contributed by atoms with Gasteiger partial charge in [0.05, 0.1) is 45.7 Å². The molecule has 0 fully saturated rings. The van der Waals surface area contributed by atoms with Crippen LogP contribution in [0.1, 0.15) is 5.56 Å². The van der Waals surface area contributed by atoms with E-state index in [0.717, 1.165) is 42.5 Å². The van der Waals surface area contributed by atoms with Crippen molar-refractivity contribution in [1.82, 2.24) is 0 Å². The number of fused-ring (bicyclic) bond motifs is 2. The topological polar surface area (TPSA) is 370 Å². The largest absolute Gasteiger partial charge is 0.507 e. The Morgan fingerprint density at radius 3 is 1.67 bits per heavy atom. The first-order valence-corrected chi connectivity index (χ1v) is 22.8. The van der Waals surface area contributed by atoms with Crippen molar-refractivity contribution >= 4 is 220 Å². The summed E-state index contributed by atoms with van der Waals surface area (Å²) in [7, 11) is -17.1. The first-order chi connectivity index (χ1) is 29.3. The molecule has 6 aromatic carbocycles. The van der Waals surface area contributed by atoms with Crippen LogP contribution >= 0.6 is 0 Å². The van der Waals surface area contributed by atoms with Gasteiger partial charge < -0.3 is 30.1 Å². The van der Waals surface area contributed by atoms with Crippen LogP contribution in [0.5, 0.6) is 23.0 Å². The van der Waals surface area contributed by atoms with Gasteiger partial charge in [0.2, 0.25) is 0 Å². The van der Waals surface area contributed by atoms with Crippen LogP contribution in [0.3, 0.4) is 0 Å². The van der Waals surface area contributed by atoms with Gasteiger partial charge in [0.25, 0.3) is 46.5 Å². The van der Waals surface area contributed by atoms with Crippen molar-refractivity contribution in [3.63, 3.8) is 0 Å². The number of hydrogen-bond donors (Lipinski definition) is 8. The number of aliphatic hydroxyl groups is 1. The van der Waals surface area contributed by atoms with E-state index in [2.05, 4.69) is 30.8 Å². The zero-order chi connectivity index (χ0) is 46.4.